The van der Waals surface area contributed by atoms with Gasteiger partial charge in [0, 0.05) is 24.7 Å². The molecule has 0 fully saturated rings. The number of nitrogens with zero attached hydrogens (tertiary/aromatic N) is 3. The fourth-order valence-corrected chi connectivity index (χ4v) is 3.23. The van der Waals surface area contributed by atoms with Crippen molar-refractivity contribution in [2.75, 3.05) is 11.4 Å². The number of phenols is 1. The molecule has 0 bridgehead atoms. The van der Waals surface area contributed by atoms with Crippen LogP contribution in [-0.4, -0.2) is 27.5 Å². The molecule has 136 valence electrons. The molecule has 1 aliphatic rings. The average Bonchev–Trinajstić information content (AvgIpc) is 2.73. The Morgan fingerprint density at radius 1 is 1.07 bits per heavy atom. The molecule has 7 heteroatoms. The molecule has 2 heterocycles. The first-order valence-corrected chi connectivity index (χ1v) is 8.65. The first-order valence-electron chi connectivity index (χ1n) is 8.65. The highest BCUT2D eigenvalue weighted by molar-refractivity contribution is 5.91. The van der Waals surface area contributed by atoms with Crippen molar-refractivity contribution in [3.8, 4) is 17.0 Å². The Balaban J connectivity index is 1.75. The van der Waals surface area contributed by atoms with Crippen LogP contribution in [0.1, 0.15) is 21.7 Å². The van der Waals surface area contributed by atoms with Gasteiger partial charge in [-0.2, -0.15) is 0 Å². The lowest BCUT2D eigenvalue weighted by atomic mass is 10.00. The van der Waals surface area contributed by atoms with Crippen LogP contribution in [0.25, 0.3) is 11.3 Å². The number of amides is 1. The van der Waals surface area contributed by atoms with Crippen molar-refractivity contribution in [1.82, 2.24) is 15.4 Å². The van der Waals surface area contributed by atoms with Gasteiger partial charge in [0.05, 0.1) is 5.69 Å². The van der Waals surface area contributed by atoms with Crippen molar-refractivity contribution in [2.24, 2.45) is 5.84 Å². The third-order valence-electron chi connectivity index (χ3n) is 4.66. The summed E-state index contributed by atoms with van der Waals surface area (Å²) in [4.78, 5) is 22.9. The number of nitrogens with two attached hydrogens (primary N) is 1. The van der Waals surface area contributed by atoms with Crippen LogP contribution in [0.15, 0.2) is 54.6 Å². The molecule has 27 heavy (non-hydrogen) atoms. The quantitative estimate of drug-likeness (QED) is 0.374. The van der Waals surface area contributed by atoms with E-state index in [1.54, 1.807) is 24.3 Å². The number of aromatic hydroxyl groups is 1. The third kappa shape index (κ3) is 3.45. The normalized spacial score (nSPS) is 13.1. The van der Waals surface area contributed by atoms with Crippen LogP contribution in [0.4, 0.5) is 5.82 Å². The summed E-state index contributed by atoms with van der Waals surface area (Å²) in [6, 6.07) is 16.8. The van der Waals surface area contributed by atoms with Crippen molar-refractivity contribution in [3.63, 3.8) is 0 Å². The summed E-state index contributed by atoms with van der Waals surface area (Å²) in [5.74, 6) is 5.58. The molecule has 1 aromatic heterocycles. The summed E-state index contributed by atoms with van der Waals surface area (Å²) in [6.45, 7) is 1.51. The van der Waals surface area contributed by atoms with E-state index in [1.807, 2.05) is 18.2 Å². The van der Waals surface area contributed by atoms with Crippen LogP contribution >= 0.6 is 0 Å². The molecule has 1 aliphatic heterocycles. The van der Waals surface area contributed by atoms with Gasteiger partial charge in [0.2, 0.25) is 5.82 Å². The second kappa shape index (κ2) is 7.05. The van der Waals surface area contributed by atoms with E-state index in [2.05, 4.69) is 32.4 Å². The Morgan fingerprint density at radius 2 is 1.81 bits per heavy atom. The van der Waals surface area contributed by atoms with Crippen molar-refractivity contribution < 1.29 is 9.90 Å². The summed E-state index contributed by atoms with van der Waals surface area (Å²) in [7, 11) is 0. The zero-order valence-corrected chi connectivity index (χ0v) is 14.6. The van der Waals surface area contributed by atoms with Gasteiger partial charge in [-0.25, -0.2) is 15.8 Å². The van der Waals surface area contributed by atoms with Crippen LogP contribution in [0.3, 0.4) is 0 Å². The summed E-state index contributed by atoms with van der Waals surface area (Å²) < 4.78 is 0. The van der Waals surface area contributed by atoms with E-state index in [4.69, 9.17) is 5.84 Å². The van der Waals surface area contributed by atoms with Crippen LogP contribution in [0, 0.1) is 0 Å². The van der Waals surface area contributed by atoms with Gasteiger partial charge in [-0.1, -0.05) is 24.3 Å². The van der Waals surface area contributed by atoms with Gasteiger partial charge < -0.3 is 10.0 Å². The number of anilines is 1. The molecule has 3 aromatic rings. The van der Waals surface area contributed by atoms with E-state index >= 15 is 0 Å². The average molecular weight is 361 g/mol. The van der Waals surface area contributed by atoms with Gasteiger partial charge in [-0.05, 0) is 41.8 Å². The van der Waals surface area contributed by atoms with E-state index in [-0.39, 0.29) is 11.6 Å². The summed E-state index contributed by atoms with van der Waals surface area (Å²) in [6.07, 6.45) is 0.910. The van der Waals surface area contributed by atoms with Gasteiger partial charge >= 0.3 is 5.91 Å². The first kappa shape index (κ1) is 17.0. The number of fused-ring (bicyclic) bond motifs is 1. The van der Waals surface area contributed by atoms with Crippen molar-refractivity contribution in [1.29, 1.82) is 0 Å². The Kier molecular flexibility index (Phi) is 4.43. The number of hydrazine groups is 1. The van der Waals surface area contributed by atoms with Gasteiger partial charge in [0.15, 0.2) is 0 Å². The number of hydrogen-bond acceptors (Lipinski definition) is 6. The van der Waals surface area contributed by atoms with Crippen LogP contribution in [0.5, 0.6) is 5.75 Å². The largest absolute Gasteiger partial charge is 0.508 e. The van der Waals surface area contributed by atoms with Gasteiger partial charge in [0.25, 0.3) is 0 Å². The van der Waals surface area contributed by atoms with Crippen LogP contribution in [-0.2, 0) is 13.0 Å². The molecule has 7 nitrogen and oxygen atoms in total. The lowest BCUT2D eigenvalue weighted by Crippen LogP contribution is -2.34. The SMILES string of the molecule is NNC(=O)c1nc(-c2ccc(O)cc2)cc(N2CCc3ccccc3C2)n1. The lowest BCUT2D eigenvalue weighted by molar-refractivity contribution is 0.0943. The number of carbonyl (C=O) groups is 1. The highest BCUT2D eigenvalue weighted by atomic mass is 16.3. The van der Waals surface area contributed by atoms with Gasteiger partial charge in [0.1, 0.15) is 11.6 Å². The van der Waals surface area contributed by atoms with E-state index in [1.165, 1.54) is 11.1 Å². The van der Waals surface area contributed by atoms with E-state index in [0.29, 0.717) is 18.1 Å². The topological polar surface area (TPSA) is 104 Å². The minimum absolute atomic E-state index is 0.0110. The van der Waals surface area contributed by atoms with Gasteiger partial charge in [-0.3, -0.25) is 10.2 Å². The molecular weight excluding hydrogens is 342 g/mol. The maximum Gasteiger partial charge on any atom is 0.303 e. The second-order valence-corrected chi connectivity index (χ2v) is 6.40. The molecule has 0 spiro atoms. The van der Waals surface area contributed by atoms with E-state index < -0.39 is 5.91 Å². The number of aromatic nitrogens is 2. The maximum absolute atomic E-state index is 12.1. The van der Waals surface area contributed by atoms with Crippen LogP contribution in [0.2, 0.25) is 0 Å². The number of nitrogen functional groups attached to an aromatic ring is 1. The van der Waals surface area contributed by atoms with Crippen LogP contribution < -0.4 is 16.2 Å². The minimum Gasteiger partial charge on any atom is -0.508 e. The molecule has 0 radical (unpaired) electrons. The number of nitrogens with one attached hydrogen (secondary N) is 1. The predicted molar refractivity (Wildman–Crippen MR) is 102 cm³/mol. The Hall–Kier alpha value is -3.45. The van der Waals surface area contributed by atoms with Crippen molar-refractivity contribution in [3.05, 3.63) is 71.5 Å². The fraction of sp³-hybridized carbons (Fsp3) is 0.150. The third-order valence-corrected chi connectivity index (χ3v) is 4.66. The second-order valence-electron chi connectivity index (χ2n) is 6.40. The number of phenolic OH excluding ortho intramolecular Hbond substituents is 1. The van der Waals surface area contributed by atoms with Crippen molar-refractivity contribution in [2.45, 2.75) is 13.0 Å². The molecule has 0 aliphatic carbocycles. The molecule has 4 rings (SSSR count). The Bertz CT molecular complexity index is 988. The Morgan fingerprint density at radius 3 is 2.56 bits per heavy atom. The fourth-order valence-electron chi connectivity index (χ4n) is 3.23. The highest BCUT2D eigenvalue weighted by Gasteiger charge is 2.20. The molecule has 0 saturated carbocycles. The van der Waals surface area contributed by atoms with Gasteiger partial charge in [-0.15, -0.1) is 0 Å². The lowest BCUT2D eigenvalue weighted by Gasteiger charge is -2.30. The first-order chi connectivity index (χ1) is 13.1. The van der Waals surface area contributed by atoms with E-state index in [9.17, 15) is 9.90 Å². The summed E-state index contributed by atoms with van der Waals surface area (Å²) in [5, 5.41) is 9.51. The van der Waals surface area contributed by atoms with Crippen molar-refractivity contribution >= 4 is 11.7 Å². The van der Waals surface area contributed by atoms with E-state index in [0.717, 1.165) is 18.5 Å². The zero-order valence-electron chi connectivity index (χ0n) is 14.6. The molecule has 4 N–H and O–H groups in total. The number of rotatable bonds is 3. The zero-order chi connectivity index (χ0) is 18.8. The highest BCUT2D eigenvalue weighted by Crippen LogP contribution is 2.27. The molecule has 1 amide bonds. The standard InChI is InChI=1S/C20H19N5O2/c21-24-20(27)19-22-17(14-5-7-16(26)8-6-14)11-18(23-19)25-10-9-13-3-1-2-4-15(13)12-25/h1-8,11,26H,9-10,12,21H2,(H,24,27). The maximum atomic E-state index is 12.1. The molecule has 0 atom stereocenters. The molecule has 0 unspecified atom stereocenters. The molecular formula is C20H19N5O2. The summed E-state index contributed by atoms with van der Waals surface area (Å²) in [5.41, 5.74) is 6.05. The smallest absolute Gasteiger partial charge is 0.303 e. The monoisotopic (exact) mass is 361 g/mol. The predicted octanol–water partition coefficient (Wildman–Crippen LogP) is 2.02. The molecule has 2 aromatic carbocycles. The minimum atomic E-state index is -0.547. The Labute approximate surface area is 156 Å². The number of hydrogen-bond donors (Lipinski definition) is 3. The summed E-state index contributed by atoms with van der Waals surface area (Å²) >= 11 is 0. The molecule has 0 saturated heterocycles. The number of benzene rings is 2. The number of carbonyl (C=O) groups excluding carboxylic acids is 1.